The van der Waals surface area contributed by atoms with Gasteiger partial charge in [-0.3, -0.25) is 9.59 Å². The number of hydrogen-bond acceptors (Lipinski definition) is 5. The monoisotopic (exact) mass is 404 g/mol. The summed E-state index contributed by atoms with van der Waals surface area (Å²) >= 11 is 0. The molecule has 0 radical (unpaired) electrons. The Bertz CT molecular complexity index is 1010. The van der Waals surface area contributed by atoms with E-state index in [9.17, 15) is 9.59 Å². The summed E-state index contributed by atoms with van der Waals surface area (Å²) in [7, 11) is 1.60. The lowest BCUT2D eigenvalue weighted by Crippen LogP contribution is -2.40. The summed E-state index contributed by atoms with van der Waals surface area (Å²) < 4.78 is 6.81. The van der Waals surface area contributed by atoms with Crippen molar-refractivity contribution in [2.24, 2.45) is 5.92 Å². The Kier molecular flexibility index (Phi) is 5.88. The van der Waals surface area contributed by atoms with Crippen molar-refractivity contribution in [3.8, 4) is 5.75 Å². The van der Waals surface area contributed by atoms with Crippen LogP contribution >= 0.6 is 0 Å². The van der Waals surface area contributed by atoms with Gasteiger partial charge >= 0.3 is 0 Å². The Hall–Kier alpha value is -3.48. The molecule has 1 amide bonds. The molecule has 1 fully saturated rings. The predicted octanol–water partition coefficient (Wildman–Crippen LogP) is 3.07. The van der Waals surface area contributed by atoms with Gasteiger partial charge in [0, 0.05) is 24.6 Å². The van der Waals surface area contributed by atoms with Gasteiger partial charge in [-0.25, -0.2) is 4.68 Å². The smallest absolute Gasteiger partial charge is 0.276 e. The molecule has 0 aliphatic carbocycles. The number of methoxy groups -OCH3 is 1. The maximum absolute atomic E-state index is 12.8. The fraction of sp³-hybridized carbons (Fsp3) is 0.304. The van der Waals surface area contributed by atoms with Gasteiger partial charge in [0.2, 0.25) is 0 Å². The molecular weight excluding hydrogens is 380 g/mol. The van der Waals surface area contributed by atoms with Gasteiger partial charge in [-0.2, -0.15) is 0 Å². The Morgan fingerprint density at radius 1 is 1.03 bits per heavy atom. The van der Waals surface area contributed by atoms with Crippen LogP contribution in [0.1, 0.15) is 39.3 Å². The molecule has 0 bridgehead atoms. The number of nitrogens with zero attached hydrogens (tertiary/aromatic N) is 4. The minimum absolute atomic E-state index is 0.0730. The number of rotatable bonds is 6. The Labute approximate surface area is 175 Å². The van der Waals surface area contributed by atoms with Gasteiger partial charge in [-0.05, 0) is 42.7 Å². The molecular formula is C23H24N4O3. The molecule has 1 saturated heterocycles. The average molecular weight is 404 g/mol. The van der Waals surface area contributed by atoms with E-state index in [2.05, 4.69) is 10.3 Å². The summed E-state index contributed by atoms with van der Waals surface area (Å²) in [5, 5.41) is 8.13. The van der Waals surface area contributed by atoms with Crippen LogP contribution in [-0.4, -0.2) is 51.8 Å². The summed E-state index contributed by atoms with van der Waals surface area (Å²) in [5.74, 6) is 0.645. The first-order valence-electron chi connectivity index (χ1n) is 10.1. The van der Waals surface area contributed by atoms with Crippen LogP contribution < -0.4 is 4.74 Å². The van der Waals surface area contributed by atoms with Gasteiger partial charge < -0.3 is 9.64 Å². The molecule has 1 aliphatic heterocycles. The number of likely N-dealkylation sites (tertiary alicyclic amines) is 1. The highest BCUT2D eigenvalue weighted by Crippen LogP contribution is 2.24. The number of carbonyl (C=O) groups is 2. The van der Waals surface area contributed by atoms with Crippen molar-refractivity contribution in [1.29, 1.82) is 0 Å². The van der Waals surface area contributed by atoms with Gasteiger partial charge in [0.25, 0.3) is 5.91 Å². The van der Waals surface area contributed by atoms with Crippen LogP contribution in [0.4, 0.5) is 0 Å². The van der Waals surface area contributed by atoms with E-state index in [0.29, 0.717) is 43.7 Å². The van der Waals surface area contributed by atoms with Gasteiger partial charge in [-0.15, -0.1) is 5.10 Å². The molecule has 0 atom stereocenters. The highest BCUT2D eigenvalue weighted by Gasteiger charge is 2.29. The molecule has 0 spiro atoms. The quantitative estimate of drug-likeness (QED) is 0.590. The fourth-order valence-corrected chi connectivity index (χ4v) is 3.74. The van der Waals surface area contributed by atoms with Crippen LogP contribution in [0.15, 0.2) is 60.8 Å². The molecule has 1 aliphatic rings. The van der Waals surface area contributed by atoms with Crippen LogP contribution in [0, 0.1) is 5.92 Å². The summed E-state index contributed by atoms with van der Waals surface area (Å²) in [5.41, 5.74) is 2.12. The van der Waals surface area contributed by atoms with Crippen molar-refractivity contribution in [2.75, 3.05) is 20.2 Å². The van der Waals surface area contributed by atoms with E-state index in [1.54, 1.807) is 47.2 Å². The zero-order valence-electron chi connectivity index (χ0n) is 16.9. The molecule has 7 heteroatoms. The topological polar surface area (TPSA) is 77.3 Å². The van der Waals surface area contributed by atoms with Crippen molar-refractivity contribution in [3.05, 3.63) is 77.6 Å². The van der Waals surface area contributed by atoms with E-state index in [0.717, 1.165) is 11.3 Å². The number of benzene rings is 2. The first kappa shape index (κ1) is 19.8. The number of piperidine rings is 1. The number of Topliss-reactive ketones (excluding diaryl/α,β-unsaturated/α-hetero) is 1. The van der Waals surface area contributed by atoms with E-state index in [1.807, 2.05) is 30.3 Å². The molecule has 0 saturated carbocycles. The minimum Gasteiger partial charge on any atom is -0.497 e. The van der Waals surface area contributed by atoms with Gasteiger partial charge in [-0.1, -0.05) is 35.5 Å². The molecule has 4 rings (SSSR count). The normalized spacial score (nSPS) is 14.5. The third-order valence-corrected chi connectivity index (χ3v) is 5.47. The molecule has 0 unspecified atom stereocenters. The van der Waals surface area contributed by atoms with E-state index >= 15 is 0 Å². The largest absolute Gasteiger partial charge is 0.497 e. The zero-order valence-corrected chi connectivity index (χ0v) is 16.9. The molecule has 0 N–H and O–H groups in total. The summed E-state index contributed by atoms with van der Waals surface area (Å²) in [6.07, 6.45) is 2.98. The molecule has 30 heavy (non-hydrogen) atoms. The predicted molar refractivity (Wildman–Crippen MR) is 112 cm³/mol. The maximum atomic E-state index is 12.8. The lowest BCUT2D eigenvalue weighted by Gasteiger charge is -2.30. The number of hydrogen-bond donors (Lipinski definition) is 0. The molecule has 2 aromatic carbocycles. The Morgan fingerprint density at radius 2 is 1.73 bits per heavy atom. The standard InChI is InChI=1S/C23H24N4O3/c1-30-20-9-7-18(8-10-20)22(28)19-11-13-26(14-12-19)23(29)21-16-27(25-24-21)15-17-5-3-2-4-6-17/h2-10,16,19H,11-15H2,1H3. The maximum Gasteiger partial charge on any atom is 0.276 e. The summed E-state index contributed by atoms with van der Waals surface area (Å²) in [6.45, 7) is 1.65. The lowest BCUT2D eigenvalue weighted by atomic mass is 9.89. The second-order valence-electron chi connectivity index (χ2n) is 7.45. The Balaban J connectivity index is 1.33. The first-order chi connectivity index (χ1) is 14.6. The highest BCUT2D eigenvalue weighted by molar-refractivity contribution is 5.98. The fourth-order valence-electron chi connectivity index (χ4n) is 3.74. The van der Waals surface area contributed by atoms with E-state index in [-0.39, 0.29) is 17.6 Å². The third-order valence-electron chi connectivity index (χ3n) is 5.47. The van der Waals surface area contributed by atoms with E-state index < -0.39 is 0 Å². The average Bonchev–Trinajstić information content (AvgIpc) is 3.27. The molecule has 154 valence electrons. The van der Waals surface area contributed by atoms with Crippen molar-refractivity contribution >= 4 is 11.7 Å². The minimum atomic E-state index is -0.135. The number of carbonyl (C=O) groups excluding carboxylic acids is 2. The lowest BCUT2D eigenvalue weighted by molar-refractivity contribution is 0.0645. The SMILES string of the molecule is COc1ccc(C(=O)C2CCN(C(=O)c3cn(Cc4ccccc4)nn3)CC2)cc1. The summed E-state index contributed by atoms with van der Waals surface area (Å²) in [6, 6.07) is 17.1. The van der Waals surface area contributed by atoms with Crippen molar-refractivity contribution in [1.82, 2.24) is 19.9 Å². The van der Waals surface area contributed by atoms with Crippen LogP contribution in [0.5, 0.6) is 5.75 Å². The number of amides is 1. The Morgan fingerprint density at radius 3 is 2.40 bits per heavy atom. The van der Waals surface area contributed by atoms with Crippen LogP contribution in [0.2, 0.25) is 0 Å². The highest BCUT2D eigenvalue weighted by atomic mass is 16.5. The van der Waals surface area contributed by atoms with Gasteiger partial charge in [0.15, 0.2) is 11.5 Å². The van der Waals surface area contributed by atoms with E-state index in [4.69, 9.17) is 4.74 Å². The summed E-state index contributed by atoms with van der Waals surface area (Å²) in [4.78, 5) is 27.3. The van der Waals surface area contributed by atoms with Crippen molar-refractivity contribution in [3.63, 3.8) is 0 Å². The number of aromatic nitrogens is 3. The molecule has 2 heterocycles. The third kappa shape index (κ3) is 4.40. The zero-order chi connectivity index (χ0) is 20.9. The van der Waals surface area contributed by atoms with Crippen LogP contribution in [0.3, 0.4) is 0 Å². The van der Waals surface area contributed by atoms with Crippen molar-refractivity contribution in [2.45, 2.75) is 19.4 Å². The van der Waals surface area contributed by atoms with Gasteiger partial charge in [0.1, 0.15) is 5.75 Å². The van der Waals surface area contributed by atoms with E-state index in [1.165, 1.54) is 0 Å². The van der Waals surface area contributed by atoms with Crippen LogP contribution in [0.25, 0.3) is 0 Å². The first-order valence-corrected chi connectivity index (χ1v) is 10.1. The van der Waals surface area contributed by atoms with Crippen molar-refractivity contribution < 1.29 is 14.3 Å². The molecule has 1 aromatic heterocycles. The number of ketones is 1. The van der Waals surface area contributed by atoms with Gasteiger partial charge in [0.05, 0.1) is 19.9 Å². The molecule has 3 aromatic rings. The second-order valence-corrected chi connectivity index (χ2v) is 7.45. The second kappa shape index (κ2) is 8.90. The number of ether oxygens (including phenoxy) is 1. The van der Waals surface area contributed by atoms with Crippen LogP contribution in [-0.2, 0) is 6.54 Å². The molecule has 7 nitrogen and oxygen atoms in total.